The van der Waals surface area contributed by atoms with Crippen molar-refractivity contribution in [1.29, 1.82) is 0 Å². The van der Waals surface area contributed by atoms with E-state index in [9.17, 15) is 18.8 Å². The number of nitrogens with zero attached hydrogens (tertiary/aromatic N) is 3. The quantitative estimate of drug-likeness (QED) is 0.791. The third-order valence-electron chi connectivity index (χ3n) is 3.42. The van der Waals surface area contributed by atoms with Crippen LogP contribution in [0.25, 0.3) is 5.69 Å². The lowest BCUT2D eigenvalue weighted by atomic mass is 10.2. The summed E-state index contributed by atoms with van der Waals surface area (Å²) in [5.74, 6) is -2.42. The summed E-state index contributed by atoms with van der Waals surface area (Å²) in [5, 5.41) is 8.70. The molecule has 0 aliphatic rings. The van der Waals surface area contributed by atoms with E-state index in [1.54, 1.807) is 0 Å². The first-order chi connectivity index (χ1) is 11.6. The van der Waals surface area contributed by atoms with E-state index in [1.165, 1.54) is 21.0 Å². The Morgan fingerprint density at radius 2 is 1.80 bits per heavy atom. The second-order valence-corrected chi connectivity index (χ2v) is 5.91. The molecule has 0 saturated carbocycles. The van der Waals surface area contributed by atoms with Gasteiger partial charge in [-0.15, -0.1) is 0 Å². The molecule has 1 N–H and O–H groups in total. The van der Waals surface area contributed by atoms with Crippen LogP contribution in [0.4, 0.5) is 4.39 Å². The molecule has 0 aliphatic carbocycles. The predicted molar refractivity (Wildman–Crippen MR) is 89.8 cm³/mol. The van der Waals surface area contributed by atoms with E-state index >= 15 is 0 Å². The second-order valence-electron chi connectivity index (χ2n) is 5.13. The molecule has 1 aromatic carbocycles. The predicted octanol–water partition coefficient (Wildman–Crippen LogP) is 1.25. The average molecular weight is 390 g/mol. The van der Waals surface area contributed by atoms with Crippen molar-refractivity contribution < 1.29 is 19.0 Å². The number of rotatable bonds is 4. The molecule has 25 heavy (non-hydrogen) atoms. The summed E-state index contributed by atoms with van der Waals surface area (Å²) in [7, 11) is 2.66. The van der Waals surface area contributed by atoms with Crippen molar-refractivity contribution in [3.63, 3.8) is 0 Å². The highest BCUT2D eigenvalue weighted by molar-refractivity contribution is 7.71. The maximum absolute atomic E-state index is 14.3. The van der Waals surface area contributed by atoms with Gasteiger partial charge in [0.05, 0.1) is 10.7 Å². The highest BCUT2D eigenvalue weighted by Gasteiger charge is 2.20. The minimum atomic E-state index is -1.28. The first kappa shape index (κ1) is 18.9. The standard InChI is InChI=1S/C14H13ClFN3O5S/c1-6(11(20)21)24-10-5-9(8(16)4-7(10)15)19-12(22)17(2)14(25)18(3)13(19)23/h4-6H,1-3H3,(H,20,21)/t6-/m1/s1. The van der Waals surface area contributed by atoms with Gasteiger partial charge >= 0.3 is 17.3 Å². The fourth-order valence-electron chi connectivity index (χ4n) is 2.00. The number of aliphatic carboxylic acids is 1. The number of carbonyl (C=O) groups is 1. The molecule has 0 amide bonds. The molecule has 0 fully saturated rings. The van der Waals surface area contributed by atoms with Gasteiger partial charge in [-0.05, 0) is 25.2 Å². The zero-order valence-corrected chi connectivity index (χ0v) is 14.9. The molecule has 2 rings (SSSR count). The molecule has 0 saturated heterocycles. The molecule has 0 radical (unpaired) electrons. The Morgan fingerprint density at radius 3 is 2.28 bits per heavy atom. The molecule has 2 aromatic rings. The van der Waals surface area contributed by atoms with E-state index in [2.05, 4.69) is 0 Å². The minimum Gasteiger partial charge on any atom is -0.479 e. The second kappa shape index (κ2) is 6.81. The van der Waals surface area contributed by atoms with E-state index in [-0.39, 0.29) is 15.5 Å². The van der Waals surface area contributed by atoms with Gasteiger partial charge in [0.2, 0.25) is 0 Å². The Morgan fingerprint density at radius 1 is 1.28 bits per heavy atom. The molecule has 134 valence electrons. The molecule has 8 nitrogen and oxygen atoms in total. The van der Waals surface area contributed by atoms with Crippen LogP contribution in [-0.4, -0.2) is 30.9 Å². The van der Waals surface area contributed by atoms with Gasteiger partial charge < -0.3 is 9.84 Å². The van der Waals surface area contributed by atoms with E-state index in [1.807, 2.05) is 0 Å². The van der Waals surface area contributed by atoms with E-state index in [0.717, 1.165) is 21.3 Å². The Balaban J connectivity index is 2.78. The number of aromatic nitrogens is 3. The molecule has 0 bridgehead atoms. The van der Waals surface area contributed by atoms with E-state index in [4.69, 9.17) is 33.7 Å². The fourth-order valence-corrected chi connectivity index (χ4v) is 2.35. The number of ether oxygens (including phenoxy) is 1. The maximum Gasteiger partial charge on any atom is 0.344 e. The highest BCUT2D eigenvalue weighted by Crippen LogP contribution is 2.29. The molecular weight excluding hydrogens is 377 g/mol. The van der Waals surface area contributed by atoms with Gasteiger partial charge in [0, 0.05) is 20.2 Å². The Labute approximate surface area is 150 Å². The normalized spacial score (nSPS) is 12.0. The molecule has 1 atom stereocenters. The monoisotopic (exact) mass is 389 g/mol. The number of halogens is 2. The summed E-state index contributed by atoms with van der Waals surface area (Å²) < 4.78 is 22.0. The van der Waals surface area contributed by atoms with Crippen LogP contribution in [0.1, 0.15) is 6.92 Å². The van der Waals surface area contributed by atoms with Gasteiger partial charge in [-0.3, -0.25) is 9.13 Å². The van der Waals surface area contributed by atoms with Crippen molar-refractivity contribution in [1.82, 2.24) is 13.7 Å². The molecular formula is C14H13ClFN3O5S. The topological polar surface area (TPSA) is 95.5 Å². The third kappa shape index (κ3) is 3.35. The van der Waals surface area contributed by atoms with Crippen molar-refractivity contribution in [3.05, 3.63) is 48.7 Å². The molecule has 0 unspecified atom stereocenters. The van der Waals surface area contributed by atoms with Crippen LogP contribution in [0.5, 0.6) is 5.75 Å². The number of hydrogen-bond acceptors (Lipinski definition) is 5. The summed E-state index contributed by atoms with van der Waals surface area (Å²) in [6.45, 7) is 1.25. The van der Waals surface area contributed by atoms with Crippen molar-refractivity contribution in [3.8, 4) is 11.4 Å². The molecule has 1 heterocycles. The maximum atomic E-state index is 14.3. The van der Waals surface area contributed by atoms with Gasteiger partial charge in [-0.25, -0.2) is 23.3 Å². The average Bonchev–Trinajstić information content (AvgIpc) is 2.54. The zero-order chi connectivity index (χ0) is 19.0. The zero-order valence-electron chi connectivity index (χ0n) is 13.3. The smallest absolute Gasteiger partial charge is 0.344 e. The first-order valence-electron chi connectivity index (χ1n) is 6.84. The van der Waals surface area contributed by atoms with Crippen molar-refractivity contribution in [2.75, 3.05) is 0 Å². The van der Waals surface area contributed by atoms with E-state index in [0.29, 0.717) is 4.57 Å². The van der Waals surface area contributed by atoms with E-state index < -0.39 is 35.0 Å². The summed E-state index contributed by atoms with van der Waals surface area (Å²) in [4.78, 5) is 35.6. The largest absolute Gasteiger partial charge is 0.479 e. The number of hydrogen-bond donors (Lipinski definition) is 1. The lowest BCUT2D eigenvalue weighted by molar-refractivity contribution is -0.144. The van der Waals surface area contributed by atoms with Crippen LogP contribution in [0.15, 0.2) is 21.7 Å². The Kier molecular flexibility index (Phi) is 5.14. The van der Waals surface area contributed by atoms with Gasteiger partial charge in [-0.1, -0.05) is 11.6 Å². The third-order valence-corrected chi connectivity index (χ3v) is 4.27. The number of carboxylic acid groups (broad SMARTS) is 1. The first-order valence-corrected chi connectivity index (χ1v) is 7.62. The number of carboxylic acids is 1. The van der Waals surface area contributed by atoms with Crippen LogP contribution in [-0.2, 0) is 18.9 Å². The lowest BCUT2D eigenvalue weighted by Gasteiger charge is -2.15. The van der Waals surface area contributed by atoms with Crippen LogP contribution >= 0.6 is 23.8 Å². The van der Waals surface area contributed by atoms with Crippen LogP contribution in [0.2, 0.25) is 5.02 Å². The fraction of sp³-hybridized carbons (Fsp3) is 0.286. The molecule has 1 aromatic heterocycles. The molecule has 11 heteroatoms. The molecule has 0 spiro atoms. The molecule has 0 aliphatic heterocycles. The summed E-state index contributed by atoms with van der Waals surface area (Å²) in [6.07, 6.45) is -1.28. The van der Waals surface area contributed by atoms with Crippen LogP contribution < -0.4 is 16.1 Å². The van der Waals surface area contributed by atoms with Crippen molar-refractivity contribution in [2.24, 2.45) is 14.1 Å². The van der Waals surface area contributed by atoms with Gasteiger partial charge in [0.1, 0.15) is 11.6 Å². The summed E-state index contributed by atoms with van der Waals surface area (Å²) in [6, 6.07) is 1.82. The summed E-state index contributed by atoms with van der Waals surface area (Å²) in [5.41, 5.74) is -2.17. The Hall–Kier alpha value is -2.46. The van der Waals surface area contributed by atoms with Crippen LogP contribution in [0.3, 0.4) is 0 Å². The van der Waals surface area contributed by atoms with Crippen molar-refractivity contribution >= 4 is 29.8 Å². The lowest BCUT2D eigenvalue weighted by Crippen LogP contribution is -2.43. The Bertz CT molecular complexity index is 1000. The van der Waals surface area contributed by atoms with Gasteiger partial charge in [-0.2, -0.15) is 0 Å². The summed E-state index contributed by atoms with van der Waals surface area (Å²) >= 11 is 10.8. The van der Waals surface area contributed by atoms with Crippen molar-refractivity contribution in [2.45, 2.75) is 13.0 Å². The van der Waals surface area contributed by atoms with Gasteiger partial charge in [0.15, 0.2) is 10.9 Å². The highest BCUT2D eigenvalue weighted by atomic mass is 35.5. The van der Waals surface area contributed by atoms with Gasteiger partial charge in [0.25, 0.3) is 0 Å². The van der Waals surface area contributed by atoms with Crippen LogP contribution in [0, 0.1) is 10.6 Å². The number of benzene rings is 1. The minimum absolute atomic E-state index is 0.0448. The SMILES string of the molecule is C[C@@H](Oc1cc(-n2c(=O)n(C)c(=S)n(C)c2=O)c(F)cc1Cl)C(=O)O.